The minimum atomic E-state index is -3.11. The van der Waals surface area contributed by atoms with E-state index in [4.69, 9.17) is 21.6 Å². The number of nitriles is 1. The summed E-state index contributed by atoms with van der Waals surface area (Å²) < 4.78 is 30.6. The maximum absolute atomic E-state index is 10.9. The van der Waals surface area contributed by atoms with Crippen LogP contribution in [-0.4, -0.2) is 76.8 Å². The maximum atomic E-state index is 10.9. The Kier molecular flexibility index (Phi) is 5.29. The topological polar surface area (TPSA) is 86.4 Å². The van der Waals surface area contributed by atoms with Crippen molar-refractivity contribution in [2.24, 2.45) is 0 Å². The Morgan fingerprint density at radius 1 is 1.15 bits per heavy atom. The molecule has 0 saturated carbocycles. The lowest BCUT2D eigenvalue weighted by Gasteiger charge is -2.45. The average molecular weight is 414 g/mol. The number of nitrogens with zero attached hydrogens (tertiary/aromatic N) is 5. The molecule has 0 aliphatic carbocycles. The van der Waals surface area contributed by atoms with Gasteiger partial charge in [-0.15, -0.1) is 0 Å². The minimum absolute atomic E-state index is 0.0252. The Hall–Kier alpha value is -1.41. The highest BCUT2D eigenvalue weighted by Gasteiger charge is 2.43. The zero-order chi connectivity index (χ0) is 19.0. The molecular weight excluding hydrogens is 390 g/mol. The number of anilines is 2. The fraction of sp³-hybridized carbons (Fsp3) is 0.588. The van der Waals surface area contributed by atoms with E-state index in [0.717, 1.165) is 25.2 Å². The Morgan fingerprint density at radius 2 is 1.93 bits per heavy atom. The van der Waals surface area contributed by atoms with E-state index in [2.05, 4.69) is 11.1 Å². The largest absolute Gasteiger partial charge is 0.378 e. The van der Waals surface area contributed by atoms with Gasteiger partial charge < -0.3 is 14.5 Å². The van der Waals surface area contributed by atoms with Crippen molar-refractivity contribution in [2.75, 3.05) is 61.7 Å². The molecule has 8 nitrogen and oxygen atoms in total. The van der Waals surface area contributed by atoms with Gasteiger partial charge in [-0.2, -0.15) is 9.57 Å². The van der Waals surface area contributed by atoms with Crippen LogP contribution < -0.4 is 9.21 Å². The Balaban J connectivity index is 1.51. The molecule has 0 spiro atoms. The van der Waals surface area contributed by atoms with Gasteiger partial charge >= 0.3 is 0 Å². The molecule has 3 saturated heterocycles. The predicted molar refractivity (Wildman–Crippen MR) is 107 cm³/mol. The molecule has 3 aliphatic heterocycles. The fourth-order valence-electron chi connectivity index (χ4n) is 3.99. The van der Waals surface area contributed by atoms with Gasteiger partial charge in [0, 0.05) is 32.7 Å². The molecule has 0 aromatic heterocycles. The lowest BCUT2D eigenvalue weighted by Crippen LogP contribution is -2.38. The molecule has 4 rings (SSSR count). The second-order valence-electron chi connectivity index (χ2n) is 6.96. The standard InChI is InChI=1S/C17H24ClN5O3S/c18-16-11-14(1-2-17(16)21-7-9-26-10-8-21)22-5-6-23(27(22,24)25)15-3-4-20(12-15)13-19/h1-2,11,15,24-25H,3-10,12H2. The summed E-state index contributed by atoms with van der Waals surface area (Å²) in [6.07, 6.45) is 2.90. The van der Waals surface area contributed by atoms with Gasteiger partial charge in [0.25, 0.3) is 0 Å². The molecular formula is C17H24ClN5O3S. The van der Waals surface area contributed by atoms with E-state index >= 15 is 0 Å². The summed E-state index contributed by atoms with van der Waals surface area (Å²) in [6, 6.07) is 5.61. The first-order chi connectivity index (χ1) is 13.0. The van der Waals surface area contributed by atoms with Crippen molar-refractivity contribution in [1.29, 1.82) is 5.26 Å². The molecule has 27 heavy (non-hydrogen) atoms. The number of morpholine rings is 1. The van der Waals surface area contributed by atoms with E-state index < -0.39 is 11.0 Å². The Morgan fingerprint density at radius 3 is 2.59 bits per heavy atom. The summed E-state index contributed by atoms with van der Waals surface area (Å²) in [5.74, 6) is 0. The lowest BCUT2D eigenvalue weighted by molar-refractivity contribution is 0.122. The first kappa shape index (κ1) is 18.9. The van der Waals surface area contributed by atoms with Crippen LogP contribution in [0.15, 0.2) is 18.2 Å². The first-order valence-corrected chi connectivity index (χ1v) is 10.9. The SMILES string of the molecule is N#CN1CCC(N2CCN(c3ccc(N4CCOCC4)c(Cl)c3)S2(O)O)C1. The number of halogens is 1. The van der Waals surface area contributed by atoms with Crippen LogP contribution in [0.1, 0.15) is 6.42 Å². The Labute approximate surface area is 166 Å². The number of ether oxygens (including phenoxy) is 1. The molecule has 0 radical (unpaired) electrons. The molecule has 3 aliphatic rings. The van der Waals surface area contributed by atoms with Crippen molar-refractivity contribution < 1.29 is 13.8 Å². The van der Waals surface area contributed by atoms with Gasteiger partial charge in [-0.3, -0.25) is 13.4 Å². The van der Waals surface area contributed by atoms with E-state index in [1.165, 1.54) is 0 Å². The Bertz CT molecular complexity index is 740. The van der Waals surface area contributed by atoms with Crippen molar-refractivity contribution in [3.63, 3.8) is 0 Å². The monoisotopic (exact) mass is 413 g/mol. The van der Waals surface area contributed by atoms with Crippen LogP contribution in [0.25, 0.3) is 0 Å². The highest BCUT2D eigenvalue weighted by Crippen LogP contribution is 2.55. The smallest absolute Gasteiger partial charge is 0.179 e. The third kappa shape index (κ3) is 3.53. The molecule has 1 aromatic rings. The van der Waals surface area contributed by atoms with Gasteiger partial charge in [0.1, 0.15) is 0 Å². The first-order valence-electron chi connectivity index (χ1n) is 9.10. The molecule has 1 atom stereocenters. The number of benzene rings is 1. The number of hydrogen-bond acceptors (Lipinski definition) is 8. The minimum Gasteiger partial charge on any atom is -0.378 e. The van der Waals surface area contributed by atoms with Crippen molar-refractivity contribution in [2.45, 2.75) is 12.5 Å². The lowest BCUT2D eigenvalue weighted by atomic mass is 10.2. The second kappa shape index (κ2) is 7.54. The molecule has 0 bridgehead atoms. The van der Waals surface area contributed by atoms with E-state index in [1.54, 1.807) is 19.6 Å². The number of likely N-dealkylation sites (tertiary alicyclic amines) is 1. The summed E-state index contributed by atoms with van der Waals surface area (Å²) >= 11 is 6.52. The van der Waals surface area contributed by atoms with Gasteiger partial charge in [0.05, 0.1) is 42.2 Å². The third-order valence-corrected chi connectivity index (χ3v) is 7.81. The van der Waals surface area contributed by atoms with Crippen molar-refractivity contribution >= 4 is 33.9 Å². The number of hydrogen-bond donors (Lipinski definition) is 2. The van der Waals surface area contributed by atoms with Crippen molar-refractivity contribution in [3.8, 4) is 6.19 Å². The zero-order valence-corrected chi connectivity index (χ0v) is 16.6. The molecule has 1 aromatic carbocycles. The fourth-order valence-corrected chi connectivity index (χ4v) is 6.16. The highest BCUT2D eigenvalue weighted by atomic mass is 35.5. The summed E-state index contributed by atoms with van der Waals surface area (Å²) in [4.78, 5) is 3.84. The van der Waals surface area contributed by atoms with Crippen molar-refractivity contribution in [1.82, 2.24) is 9.21 Å². The van der Waals surface area contributed by atoms with Crippen LogP contribution in [0.4, 0.5) is 11.4 Å². The molecule has 2 N–H and O–H groups in total. The molecule has 0 amide bonds. The average Bonchev–Trinajstić information content (AvgIpc) is 3.25. The van der Waals surface area contributed by atoms with Crippen LogP contribution in [0.3, 0.4) is 0 Å². The summed E-state index contributed by atoms with van der Waals surface area (Å²) in [7, 11) is -3.11. The van der Waals surface area contributed by atoms with Crippen LogP contribution in [-0.2, 0) is 4.74 Å². The maximum Gasteiger partial charge on any atom is 0.179 e. The van der Waals surface area contributed by atoms with Gasteiger partial charge in [-0.1, -0.05) is 22.6 Å². The van der Waals surface area contributed by atoms with Crippen molar-refractivity contribution in [3.05, 3.63) is 23.2 Å². The quantitative estimate of drug-likeness (QED) is 0.731. The van der Waals surface area contributed by atoms with E-state index in [9.17, 15) is 9.11 Å². The van der Waals surface area contributed by atoms with E-state index in [1.807, 2.05) is 12.1 Å². The van der Waals surface area contributed by atoms with Crippen LogP contribution >= 0.6 is 22.6 Å². The summed E-state index contributed by atoms with van der Waals surface area (Å²) in [6.45, 7) is 5.21. The van der Waals surface area contributed by atoms with Crippen LogP contribution in [0.2, 0.25) is 5.02 Å². The van der Waals surface area contributed by atoms with Gasteiger partial charge in [0.15, 0.2) is 6.19 Å². The highest BCUT2D eigenvalue weighted by molar-refractivity contribution is 8.23. The molecule has 3 fully saturated rings. The van der Waals surface area contributed by atoms with Gasteiger partial charge in [0.2, 0.25) is 0 Å². The summed E-state index contributed by atoms with van der Waals surface area (Å²) in [5.41, 5.74) is 1.64. The second-order valence-corrected chi connectivity index (χ2v) is 9.25. The van der Waals surface area contributed by atoms with E-state index in [0.29, 0.717) is 50.1 Å². The van der Waals surface area contributed by atoms with Gasteiger partial charge in [-0.05, 0) is 24.6 Å². The molecule has 148 valence electrons. The molecule has 10 heteroatoms. The van der Waals surface area contributed by atoms with Crippen LogP contribution in [0, 0.1) is 11.5 Å². The van der Waals surface area contributed by atoms with Crippen LogP contribution in [0.5, 0.6) is 0 Å². The summed E-state index contributed by atoms with van der Waals surface area (Å²) in [5, 5.41) is 9.65. The number of rotatable bonds is 3. The van der Waals surface area contributed by atoms with Gasteiger partial charge in [-0.25, -0.2) is 0 Å². The van der Waals surface area contributed by atoms with E-state index in [-0.39, 0.29) is 6.04 Å². The molecule has 1 unspecified atom stereocenters. The predicted octanol–water partition coefficient (Wildman–Crippen LogP) is 2.43. The molecule has 3 heterocycles. The third-order valence-electron chi connectivity index (χ3n) is 5.42. The zero-order valence-electron chi connectivity index (χ0n) is 15.0. The normalized spacial score (nSPS) is 27.0.